The molecule has 0 aliphatic heterocycles. The number of anilines is 1. The minimum Gasteiger partial charge on any atom is -0.504 e. The number of phenolic OH excluding ortho intramolecular Hbond substituents is 2. The molecule has 1 aromatic heterocycles. The lowest BCUT2D eigenvalue weighted by molar-refractivity contribution is 0.403. The van der Waals surface area contributed by atoms with E-state index in [1.807, 2.05) is 6.92 Å². The molecule has 0 saturated carbocycles. The maximum Gasteiger partial charge on any atom is 0.252 e. The highest BCUT2D eigenvalue weighted by Crippen LogP contribution is 2.23. The minimum absolute atomic E-state index is 0.197. The van der Waals surface area contributed by atoms with E-state index in [0.29, 0.717) is 17.7 Å². The normalized spacial score (nSPS) is 10.8. The number of hydrazone groups is 1. The predicted octanol–water partition coefficient (Wildman–Crippen LogP) is 1.19. The van der Waals surface area contributed by atoms with Crippen LogP contribution in [0.4, 0.5) is 5.95 Å². The first-order chi connectivity index (χ1) is 9.58. The van der Waals surface area contributed by atoms with Gasteiger partial charge in [-0.3, -0.25) is 9.78 Å². The van der Waals surface area contributed by atoms with Gasteiger partial charge in [-0.1, -0.05) is 6.92 Å². The fraction of sp³-hybridized carbons (Fsp3) is 0.154. The second-order valence-corrected chi connectivity index (χ2v) is 4.06. The van der Waals surface area contributed by atoms with Crippen LogP contribution in [0.2, 0.25) is 0 Å². The first-order valence-corrected chi connectivity index (χ1v) is 6.00. The quantitative estimate of drug-likeness (QED) is 0.380. The molecular weight excluding hydrogens is 260 g/mol. The average Bonchev–Trinajstić information content (AvgIpc) is 2.42. The molecule has 20 heavy (non-hydrogen) atoms. The molecule has 2 rings (SSSR count). The summed E-state index contributed by atoms with van der Waals surface area (Å²) < 4.78 is 0. The minimum atomic E-state index is -0.253. The third-order valence-corrected chi connectivity index (χ3v) is 2.54. The van der Waals surface area contributed by atoms with Gasteiger partial charge in [0.25, 0.3) is 5.56 Å². The van der Waals surface area contributed by atoms with Crippen LogP contribution in [0.15, 0.2) is 34.2 Å². The van der Waals surface area contributed by atoms with Crippen molar-refractivity contribution in [2.75, 3.05) is 5.43 Å². The number of nitrogens with one attached hydrogen (secondary N) is 2. The van der Waals surface area contributed by atoms with E-state index < -0.39 is 0 Å². The molecule has 0 bridgehead atoms. The van der Waals surface area contributed by atoms with Crippen LogP contribution >= 0.6 is 0 Å². The van der Waals surface area contributed by atoms with Gasteiger partial charge in [0.15, 0.2) is 11.5 Å². The highest BCUT2D eigenvalue weighted by atomic mass is 16.3. The molecule has 0 unspecified atom stereocenters. The molecule has 1 heterocycles. The number of aryl methyl sites for hydroxylation is 1. The molecule has 104 valence electrons. The Labute approximate surface area is 114 Å². The summed E-state index contributed by atoms with van der Waals surface area (Å²) in [6.45, 7) is 1.90. The van der Waals surface area contributed by atoms with Gasteiger partial charge in [0.05, 0.1) is 6.21 Å². The van der Waals surface area contributed by atoms with Crippen molar-refractivity contribution < 1.29 is 10.2 Å². The van der Waals surface area contributed by atoms with Crippen LogP contribution in [0.3, 0.4) is 0 Å². The van der Waals surface area contributed by atoms with Crippen LogP contribution in [0.1, 0.15) is 18.2 Å². The fourth-order valence-corrected chi connectivity index (χ4v) is 1.53. The van der Waals surface area contributed by atoms with E-state index in [1.54, 1.807) is 6.07 Å². The molecule has 2 aromatic rings. The third-order valence-electron chi connectivity index (χ3n) is 2.54. The number of rotatable bonds is 4. The smallest absolute Gasteiger partial charge is 0.252 e. The molecule has 0 aliphatic rings. The molecule has 0 saturated heterocycles. The van der Waals surface area contributed by atoms with Gasteiger partial charge in [0, 0.05) is 11.8 Å². The number of benzene rings is 1. The second kappa shape index (κ2) is 5.87. The van der Waals surface area contributed by atoms with E-state index in [0.717, 1.165) is 0 Å². The van der Waals surface area contributed by atoms with Crippen LogP contribution in [0, 0.1) is 0 Å². The average molecular weight is 274 g/mol. The zero-order valence-corrected chi connectivity index (χ0v) is 10.8. The summed E-state index contributed by atoms with van der Waals surface area (Å²) in [4.78, 5) is 18.0. The van der Waals surface area contributed by atoms with Crippen molar-refractivity contribution in [1.82, 2.24) is 9.97 Å². The first-order valence-electron chi connectivity index (χ1n) is 6.00. The molecule has 1 aromatic carbocycles. The van der Waals surface area contributed by atoms with Crippen LogP contribution in [-0.2, 0) is 6.42 Å². The number of aromatic nitrogens is 2. The molecule has 0 amide bonds. The van der Waals surface area contributed by atoms with Gasteiger partial charge in [-0.05, 0) is 30.2 Å². The zero-order valence-electron chi connectivity index (χ0n) is 10.8. The van der Waals surface area contributed by atoms with Crippen molar-refractivity contribution >= 4 is 12.2 Å². The summed E-state index contributed by atoms with van der Waals surface area (Å²) in [5.74, 6) is -0.182. The molecular formula is C13H14N4O3. The monoisotopic (exact) mass is 274 g/mol. The third kappa shape index (κ3) is 3.35. The van der Waals surface area contributed by atoms with Gasteiger partial charge >= 0.3 is 0 Å². The molecule has 0 aliphatic carbocycles. The van der Waals surface area contributed by atoms with Crippen LogP contribution < -0.4 is 11.0 Å². The number of hydrogen-bond acceptors (Lipinski definition) is 6. The number of aromatic amines is 1. The Hall–Kier alpha value is -2.83. The van der Waals surface area contributed by atoms with Gasteiger partial charge in [0.2, 0.25) is 5.95 Å². The zero-order chi connectivity index (χ0) is 14.5. The van der Waals surface area contributed by atoms with E-state index in [4.69, 9.17) is 0 Å². The lowest BCUT2D eigenvalue weighted by atomic mass is 10.2. The summed E-state index contributed by atoms with van der Waals surface area (Å²) in [5, 5.41) is 22.4. The Kier molecular flexibility index (Phi) is 3.99. The Bertz CT molecular complexity index is 694. The lowest BCUT2D eigenvalue weighted by Crippen LogP contribution is -2.11. The van der Waals surface area contributed by atoms with E-state index >= 15 is 0 Å². The van der Waals surface area contributed by atoms with E-state index in [9.17, 15) is 15.0 Å². The van der Waals surface area contributed by atoms with Gasteiger partial charge in [-0.15, -0.1) is 0 Å². The standard InChI is InChI=1S/C13H14N4O3/c1-2-9-6-12(20)16-13(15-9)17-14-7-8-3-4-10(18)11(19)5-8/h3-7,18-19H,2H2,1H3,(H2,15,16,17,20)/b14-7-. The van der Waals surface area contributed by atoms with Crippen molar-refractivity contribution in [2.45, 2.75) is 13.3 Å². The maximum atomic E-state index is 11.3. The first kappa shape index (κ1) is 13.6. The van der Waals surface area contributed by atoms with Crippen molar-refractivity contribution in [2.24, 2.45) is 5.10 Å². The number of phenols is 2. The van der Waals surface area contributed by atoms with Crippen LogP contribution in [-0.4, -0.2) is 26.4 Å². The molecule has 4 N–H and O–H groups in total. The van der Waals surface area contributed by atoms with E-state index in [-0.39, 0.29) is 23.0 Å². The SMILES string of the molecule is CCc1cc(=O)[nH]c(N/N=C\c2ccc(O)c(O)c2)n1. The van der Waals surface area contributed by atoms with Crippen LogP contribution in [0.25, 0.3) is 0 Å². The summed E-state index contributed by atoms with van der Waals surface area (Å²) >= 11 is 0. The topological polar surface area (TPSA) is 111 Å². The van der Waals surface area contributed by atoms with E-state index in [2.05, 4.69) is 20.5 Å². The fourth-order valence-electron chi connectivity index (χ4n) is 1.53. The lowest BCUT2D eigenvalue weighted by Gasteiger charge is -2.01. The Balaban J connectivity index is 2.11. The molecule has 0 radical (unpaired) electrons. The number of hydrogen-bond donors (Lipinski definition) is 4. The van der Waals surface area contributed by atoms with Gasteiger partial charge in [-0.25, -0.2) is 10.4 Å². The predicted molar refractivity (Wildman–Crippen MR) is 75.2 cm³/mol. The Morgan fingerprint density at radius 2 is 2.15 bits per heavy atom. The molecule has 7 heteroatoms. The largest absolute Gasteiger partial charge is 0.504 e. The molecule has 0 spiro atoms. The van der Waals surface area contributed by atoms with Gasteiger partial charge in [-0.2, -0.15) is 5.10 Å². The van der Waals surface area contributed by atoms with Crippen molar-refractivity contribution in [3.63, 3.8) is 0 Å². The Morgan fingerprint density at radius 1 is 1.35 bits per heavy atom. The summed E-state index contributed by atoms with van der Waals surface area (Å²) in [5.41, 5.74) is 3.59. The summed E-state index contributed by atoms with van der Waals surface area (Å²) in [6.07, 6.45) is 2.08. The molecule has 0 fully saturated rings. The van der Waals surface area contributed by atoms with E-state index in [1.165, 1.54) is 24.4 Å². The van der Waals surface area contributed by atoms with Crippen LogP contribution in [0.5, 0.6) is 11.5 Å². The highest BCUT2D eigenvalue weighted by molar-refractivity contribution is 5.81. The summed E-state index contributed by atoms with van der Waals surface area (Å²) in [7, 11) is 0. The second-order valence-electron chi connectivity index (χ2n) is 4.06. The molecule has 0 atom stereocenters. The number of aromatic hydroxyl groups is 2. The number of nitrogens with zero attached hydrogens (tertiary/aromatic N) is 2. The van der Waals surface area contributed by atoms with Crippen molar-refractivity contribution in [1.29, 1.82) is 0 Å². The number of H-pyrrole nitrogens is 1. The molecule has 7 nitrogen and oxygen atoms in total. The summed E-state index contributed by atoms with van der Waals surface area (Å²) in [6, 6.07) is 5.72. The Morgan fingerprint density at radius 3 is 2.85 bits per heavy atom. The van der Waals surface area contributed by atoms with Crippen molar-refractivity contribution in [3.05, 3.63) is 45.9 Å². The highest BCUT2D eigenvalue weighted by Gasteiger charge is 1.99. The maximum absolute atomic E-state index is 11.3. The van der Waals surface area contributed by atoms with Gasteiger partial charge in [0.1, 0.15) is 0 Å². The van der Waals surface area contributed by atoms with Gasteiger partial charge < -0.3 is 10.2 Å². The van der Waals surface area contributed by atoms with Crippen molar-refractivity contribution in [3.8, 4) is 11.5 Å².